The van der Waals surface area contributed by atoms with Crippen LogP contribution in [0.15, 0.2) is 28.7 Å². The van der Waals surface area contributed by atoms with Gasteiger partial charge in [0.25, 0.3) is 0 Å². The highest BCUT2D eigenvalue weighted by Gasteiger charge is 2.23. The standard InChI is InChI=1S/C16H15BrClIN2/c17-12-8-4-3-7-11(12)9-13-20-15(10-5-1-2-6-10)14(19)16(18)21-13/h3-4,7-8,10H,1-2,5-6,9H2. The number of halogens is 3. The van der Waals surface area contributed by atoms with Crippen molar-refractivity contribution in [2.24, 2.45) is 0 Å². The van der Waals surface area contributed by atoms with Gasteiger partial charge < -0.3 is 0 Å². The van der Waals surface area contributed by atoms with Crippen molar-refractivity contribution < 1.29 is 0 Å². The van der Waals surface area contributed by atoms with Crippen molar-refractivity contribution in [2.75, 3.05) is 0 Å². The number of aromatic nitrogens is 2. The SMILES string of the molecule is Clc1nc(Cc2ccccc2Br)nc(C2CCCC2)c1I. The van der Waals surface area contributed by atoms with Crippen LogP contribution in [0.4, 0.5) is 0 Å². The van der Waals surface area contributed by atoms with Gasteiger partial charge in [-0.15, -0.1) is 0 Å². The molecule has 0 radical (unpaired) electrons. The summed E-state index contributed by atoms with van der Waals surface area (Å²) in [7, 11) is 0. The molecule has 0 unspecified atom stereocenters. The van der Waals surface area contributed by atoms with E-state index in [9.17, 15) is 0 Å². The monoisotopic (exact) mass is 476 g/mol. The van der Waals surface area contributed by atoms with E-state index in [2.05, 4.69) is 49.6 Å². The first-order valence-electron chi connectivity index (χ1n) is 7.10. The number of hydrogen-bond donors (Lipinski definition) is 0. The Morgan fingerprint density at radius 3 is 2.62 bits per heavy atom. The Labute approximate surface area is 152 Å². The predicted octanol–water partition coefficient (Wildman–Crippen LogP) is 5.75. The lowest BCUT2D eigenvalue weighted by molar-refractivity contribution is 0.680. The summed E-state index contributed by atoms with van der Waals surface area (Å²) in [6, 6.07) is 8.18. The molecule has 110 valence electrons. The zero-order chi connectivity index (χ0) is 14.8. The van der Waals surface area contributed by atoms with Crippen LogP contribution in [0.25, 0.3) is 0 Å². The molecular weight excluding hydrogens is 462 g/mol. The zero-order valence-corrected chi connectivity index (χ0v) is 16.0. The maximum absolute atomic E-state index is 6.33. The van der Waals surface area contributed by atoms with Crippen LogP contribution in [0.5, 0.6) is 0 Å². The second-order valence-corrected chi connectivity index (χ2v) is 7.67. The molecule has 21 heavy (non-hydrogen) atoms. The molecule has 2 aromatic rings. The van der Waals surface area contributed by atoms with E-state index in [4.69, 9.17) is 16.6 Å². The maximum atomic E-state index is 6.33. The molecule has 3 rings (SSSR count). The van der Waals surface area contributed by atoms with Crippen molar-refractivity contribution in [3.8, 4) is 0 Å². The highest BCUT2D eigenvalue weighted by atomic mass is 127. The van der Waals surface area contributed by atoms with Gasteiger partial charge in [-0.25, -0.2) is 9.97 Å². The average molecular weight is 478 g/mol. The van der Waals surface area contributed by atoms with Crippen LogP contribution in [0, 0.1) is 3.57 Å². The molecule has 0 saturated heterocycles. The minimum Gasteiger partial charge on any atom is -0.236 e. The molecule has 0 bridgehead atoms. The summed E-state index contributed by atoms with van der Waals surface area (Å²) in [5.74, 6) is 1.37. The molecule has 0 amide bonds. The van der Waals surface area contributed by atoms with Gasteiger partial charge in [0.05, 0.1) is 9.26 Å². The molecule has 1 heterocycles. The third-order valence-corrected chi connectivity index (χ3v) is 6.36. The fourth-order valence-corrected chi connectivity index (χ4v) is 4.14. The van der Waals surface area contributed by atoms with E-state index in [-0.39, 0.29) is 0 Å². The summed E-state index contributed by atoms with van der Waals surface area (Å²) in [5, 5.41) is 0.592. The van der Waals surface area contributed by atoms with E-state index in [1.165, 1.54) is 31.2 Å². The number of hydrogen-bond acceptors (Lipinski definition) is 2. The summed E-state index contributed by atoms with van der Waals surface area (Å²) in [5.41, 5.74) is 2.34. The Hall–Kier alpha value is -0.200. The third-order valence-electron chi connectivity index (χ3n) is 3.93. The van der Waals surface area contributed by atoms with Gasteiger partial charge in [0.1, 0.15) is 11.0 Å². The highest BCUT2D eigenvalue weighted by Crippen LogP contribution is 2.37. The number of benzene rings is 1. The lowest BCUT2D eigenvalue weighted by Gasteiger charge is -2.13. The fourth-order valence-electron chi connectivity index (χ4n) is 2.84. The molecule has 1 aliphatic carbocycles. The van der Waals surface area contributed by atoms with E-state index < -0.39 is 0 Å². The molecule has 0 N–H and O–H groups in total. The fraction of sp³-hybridized carbons (Fsp3) is 0.375. The molecule has 0 spiro atoms. The van der Waals surface area contributed by atoms with Crippen molar-refractivity contribution in [3.63, 3.8) is 0 Å². The molecule has 5 heteroatoms. The molecule has 1 aromatic carbocycles. The largest absolute Gasteiger partial charge is 0.236 e. The topological polar surface area (TPSA) is 25.8 Å². The van der Waals surface area contributed by atoms with Crippen LogP contribution < -0.4 is 0 Å². The van der Waals surface area contributed by atoms with E-state index in [1.54, 1.807) is 0 Å². The smallest absolute Gasteiger partial charge is 0.146 e. The normalized spacial score (nSPS) is 15.6. The van der Waals surface area contributed by atoms with Gasteiger partial charge in [0, 0.05) is 16.8 Å². The first-order chi connectivity index (χ1) is 10.1. The first-order valence-corrected chi connectivity index (χ1v) is 9.35. The summed E-state index contributed by atoms with van der Waals surface area (Å²) >= 11 is 12.2. The van der Waals surface area contributed by atoms with Crippen LogP contribution >= 0.6 is 50.1 Å². The molecule has 2 nitrogen and oxygen atoms in total. The molecule has 1 aromatic heterocycles. The van der Waals surface area contributed by atoms with Gasteiger partial charge in [-0.1, -0.05) is 58.6 Å². The molecule has 0 atom stereocenters. The van der Waals surface area contributed by atoms with Crippen molar-refractivity contribution in [2.45, 2.75) is 38.0 Å². The number of nitrogens with zero attached hydrogens (tertiary/aromatic N) is 2. The minimum atomic E-state index is 0.551. The van der Waals surface area contributed by atoms with Gasteiger partial charge in [-0.2, -0.15) is 0 Å². The van der Waals surface area contributed by atoms with Crippen LogP contribution in [-0.4, -0.2) is 9.97 Å². The second-order valence-electron chi connectivity index (χ2n) is 5.38. The van der Waals surface area contributed by atoms with Crippen molar-refractivity contribution >= 4 is 50.1 Å². The zero-order valence-electron chi connectivity index (χ0n) is 11.5. The summed E-state index contributed by atoms with van der Waals surface area (Å²) in [6.45, 7) is 0. The van der Waals surface area contributed by atoms with Crippen LogP contribution in [0.1, 0.15) is 48.7 Å². The number of rotatable bonds is 3. The Bertz CT molecular complexity index is 657. The van der Waals surface area contributed by atoms with E-state index in [1.807, 2.05) is 18.2 Å². The van der Waals surface area contributed by atoms with Crippen molar-refractivity contribution in [1.29, 1.82) is 0 Å². The quantitative estimate of drug-likeness (QED) is 0.416. The van der Waals surface area contributed by atoms with E-state index in [0.29, 0.717) is 17.5 Å². The van der Waals surface area contributed by atoms with E-state index in [0.717, 1.165) is 19.6 Å². The van der Waals surface area contributed by atoms with Crippen molar-refractivity contribution in [3.05, 3.63) is 54.5 Å². The highest BCUT2D eigenvalue weighted by molar-refractivity contribution is 14.1. The van der Waals surface area contributed by atoms with E-state index >= 15 is 0 Å². The second kappa shape index (κ2) is 6.92. The third kappa shape index (κ3) is 3.59. The predicted molar refractivity (Wildman–Crippen MR) is 97.9 cm³/mol. The lowest BCUT2D eigenvalue weighted by Crippen LogP contribution is -2.07. The van der Waals surface area contributed by atoms with Gasteiger partial charge in [0.2, 0.25) is 0 Å². The minimum absolute atomic E-state index is 0.551. The lowest BCUT2D eigenvalue weighted by atomic mass is 10.0. The molecule has 1 saturated carbocycles. The van der Waals surface area contributed by atoms with Crippen LogP contribution in [0.3, 0.4) is 0 Å². The average Bonchev–Trinajstić information content (AvgIpc) is 2.99. The van der Waals surface area contributed by atoms with Gasteiger partial charge in [-0.3, -0.25) is 0 Å². The van der Waals surface area contributed by atoms with Crippen LogP contribution in [-0.2, 0) is 6.42 Å². The summed E-state index contributed by atoms with van der Waals surface area (Å²) in [4.78, 5) is 9.29. The summed E-state index contributed by atoms with van der Waals surface area (Å²) < 4.78 is 2.11. The molecule has 0 aliphatic heterocycles. The molecule has 1 fully saturated rings. The van der Waals surface area contributed by atoms with Gasteiger partial charge >= 0.3 is 0 Å². The Kier molecular flexibility index (Phi) is 5.17. The first kappa shape index (κ1) is 15.7. The Balaban J connectivity index is 1.94. The van der Waals surface area contributed by atoms with Gasteiger partial charge in [-0.05, 0) is 47.1 Å². The van der Waals surface area contributed by atoms with Crippen molar-refractivity contribution in [1.82, 2.24) is 9.97 Å². The molecular formula is C16H15BrClIN2. The Morgan fingerprint density at radius 2 is 1.90 bits per heavy atom. The maximum Gasteiger partial charge on any atom is 0.146 e. The van der Waals surface area contributed by atoms with Crippen LogP contribution in [0.2, 0.25) is 5.15 Å². The Morgan fingerprint density at radius 1 is 1.19 bits per heavy atom. The van der Waals surface area contributed by atoms with Gasteiger partial charge in [0.15, 0.2) is 0 Å². The molecule has 1 aliphatic rings. The summed E-state index contributed by atoms with van der Waals surface area (Å²) in [6.07, 6.45) is 5.73.